The van der Waals surface area contributed by atoms with Crippen molar-refractivity contribution < 1.29 is 23.6 Å². The van der Waals surface area contributed by atoms with Gasteiger partial charge in [-0.05, 0) is 24.6 Å². The van der Waals surface area contributed by atoms with Gasteiger partial charge in [-0.15, -0.1) is 0 Å². The van der Waals surface area contributed by atoms with Gasteiger partial charge in [0.25, 0.3) is 5.91 Å². The molecule has 22 heavy (non-hydrogen) atoms. The number of piperidine rings is 1. The quantitative estimate of drug-likeness (QED) is 0.798. The number of amides is 1. The number of esters is 1. The molecule has 1 aromatic carbocycles. The van der Waals surface area contributed by atoms with E-state index >= 15 is 0 Å². The Morgan fingerprint density at radius 2 is 2.05 bits per heavy atom. The molecule has 0 atom stereocenters. The number of methoxy groups -OCH3 is 1. The van der Waals surface area contributed by atoms with E-state index in [9.17, 15) is 14.0 Å². The Morgan fingerprint density at radius 3 is 2.64 bits per heavy atom. The van der Waals surface area contributed by atoms with E-state index in [-0.39, 0.29) is 30.0 Å². The summed E-state index contributed by atoms with van der Waals surface area (Å²) in [6, 6.07) is 4.72. The van der Waals surface area contributed by atoms with E-state index in [4.69, 9.17) is 4.74 Å². The number of halogens is 1. The molecule has 5 nitrogen and oxygen atoms in total. The van der Waals surface area contributed by atoms with E-state index in [1.54, 1.807) is 19.1 Å². The normalized spacial score (nSPS) is 21.2. The fourth-order valence-corrected chi connectivity index (χ4v) is 2.75. The number of hydrogen-bond acceptors (Lipinski definition) is 3. The Hall–Kier alpha value is -1.95. The highest BCUT2D eigenvalue weighted by Crippen LogP contribution is 2.15. The summed E-state index contributed by atoms with van der Waals surface area (Å²) in [5.74, 6) is -0.876. The molecule has 0 bridgehead atoms. The number of benzene rings is 1. The Labute approximate surface area is 129 Å². The number of ether oxygens (including phenoxy) is 1. The van der Waals surface area contributed by atoms with Gasteiger partial charge in [0.1, 0.15) is 5.82 Å². The van der Waals surface area contributed by atoms with Crippen LogP contribution >= 0.6 is 0 Å². The third kappa shape index (κ3) is 4.27. The second-order valence-electron chi connectivity index (χ2n) is 5.76. The highest BCUT2D eigenvalue weighted by Gasteiger charge is 2.29. The summed E-state index contributed by atoms with van der Waals surface area (Å²) in [5.41, 5.74) is 1.02. The lowest BCUT2D eigenvalue weighted by molar-refractivity contribution is -0.897. The Morgan fingerprint density at radius 1 is 1.36 bits per heavy atom. The number of hydrogen-bond donors (Lipinski definition) is 2. The zero-order chi connectivity index (χ0) is 16.1. The van der Waals surface area contributed by atoms with Gasteiger partial charge < -0.3 is 15.0 Å². The number of anilines is 1. The van der Waals surface area contributed by atoms with Crippen LogP contribution in [0.4, 0.5) is 10.1 Å². The average Bonchev–Trinajstić information content (AvgIpc) is 2.50. The molecule has 1 aliphatic heterocycles. The van der Waals surface area contributed by atoms with E-state index in [2.05, 4.69) is 5.32 Å². The van der Waals surface area contributed by atoms with Crippen molar-refractivity contribution >= 4 is 17.6 Å². The Kier molecular flexibility index (Phi) is 5.49. The van der Waals surface area contributed by atoms with Crippen molar-refractivity contribution in [2.45, 2.75) is 19.8 Å². The number of aryl methyl sites for hydroxylation is 1. The number of carbonyl (C=O) groups is 2. The molecule has 0 aromatic heterocycles. The first-order valence-electron chi connectivity index (χ1n) is 7.47. The molecule has 1 aliphatic rings. The van der Waals surface area contributed by atoms with E-state index in [1.165, 1.54) is 13.2 Å². The van der Waals surface area contributed by atoms with E-state index in [0.29, 0.717) is 12.8 Å². The predicted molar refractivity (Wildman–Crippen MR) is 80.1 cm³/mol. The van der Waals surface area contributed by atoms with Gasteiger partial charge in [0.2, 0.25) is 0 Å². The van der Waals surface area contributed by atoms with Crippen LogP contribution in [0.5, 0.6) is 0 Å². The van der Waals surface area contributed by atoms with Gasteiger partial charge >= 0.3 is 5.97 Å². The predicted octanol–water partition coefficient (Wildman–Crippen LogP) is 0.541. The Bertz CT molecular complexity index is 554. The summed E-state index contributed by atoms with van der Waals surface area (Å²) in [6.07, 6.45) is 1.43. The molecule has 120 valence electrons. The molecule has 6 heteroatoms. The van der Waals surface area contributed by atoms with Crippen molar-refractivity contribution in [1.29, 1.82) is 0 Å². The van der Waals surface area contributed by atoms with Crippen molar-refractivity contribution in [2.24, 2.45) is 5.92 Å². The highest BCUT2D eigenvalue weighted by atomic mass is 19.1. The standard InChI is InChI=1S/C16H21FN2O3/c1-11-3-4-14(13(17)9-11)18-15(20)10-19-7-5-12(6-8-19)16(21)22-2/h3-4,9,12H,5-8,10H2,1-2H3,(H,18,20)/p+1. The molecule has 1 heterocycles. The topological polar surface area (TPSA) is 59.8 Å². The summed E-state index contributed by atoms with van der Waals surface area (Å²) in [6.45, 7) is 3.55. The van der Waals surface area contributed by atoms with Crippen molar-refractivity contribution in [1.82, 2.24) is 0 Å². The van der Waals surface area contributed by atoms with Crippen molar-refractivity contribution in [2.75, 3.05) is 32.1 Å². The summed E-state index contributed by atoms with van der Waals surface area (Å²) in [4.78, 5) is 24.6. The van der Waals surface area contributed by atoms with E-state index in [0.717, 1.165) is 23.6 Å². The van der Waals surface area contributed by atoms with Crippen molar-refractivity contribution in [3.8, 4) is 0 Å². The molecule has 0 spiro atoms. The first kappa shape index (κ1) is 16.4. The minimum absolute atomic E-state index is 0.0636. The molecular formula is C16H22FN2O3+. The molecule has 1 aromatic rings. The lowest BCUT2D eigenvalue weighted by Crippen LogP contribution is -3.14. The second kappa shape index (κ2) is 7.35. The van der Waals surface area contributed by atoms with Gasteiger partial charge in [-0.3, -0.25) is 9.59 Å². The largest absolute Gasteiger partial charge is 0.469 e. The molecule has 0 saturated carbocycles. The number of nitrogens with one attached hydrogen (secondary N) is 2. The van der Waals surface area contributed by atoms with Crippen LogP contribution < -0.4 is 10.2 Å². The van der Waals surface area contributed by atoms with Crippen LogP contribution in [-0.4, -0.2) is 38.6 Å². The molecule has 0 radical (unpaired) electrons. The first-order chi connectivity index (χ1) is 10.5. The zero-order valence-corrected chi connectivity index (χ0v) is 12.9. The number of carbonyl (C=O) groups excluding carboxylic acids is 2. The molecule has 1 saturated heterocycles. The lowest BCUT2D eigenvalue weighted by Gasteiger charge is -2.27. The van der Waals surface area contributed by atoms with Gasteiger partial charge in [-0.2, -0.15) is 0 Å². The monoisotopic (exact) mass is 309 g/mol. The van der Waals surface area contributed by atoms with Gasteiger partial charge in [-0.1, -0.05) is 6.07 Å². The lowest BCUT2D eigenvalue weighted by atomic mass is 9.97. The average molecular weight is 309 g/mol. The van der Waals surface area contributed by atoms with Crippen molar-refractivity contribution in [3.63, 3.8) is 0 Å². The zero-order valence-electron chi connectivity index (χ0n) is 12.9. The third-order valence-electron chi connectivity index (χ3n) is 4.04. The first-order valence-corrected chi connectivity index (χ1v) is 7.47. The smallest absolute Gasteiger partial charge is 0.309 e. The highest BCUT2D eigenvalue weighted by molar-refractivity contribution is 5.91. The summed E-state index contributed by atoms with van der Waals surface area (Å²) in [5, 5.41) is 2.60. The van der Waals surface area contributed by atoms with Crippen molar-refractivity contribution in [3.05, 3.63) is 29.6 Å². The molecule has 2 N–H and O–H groups in total. The third-order valence-corrected chi connectivity index (χ3v) is 4.04. The molecule has 2 rings (SSSR count). The van der Waals surface area contributed by atoms with Crippen LogP contribution in [0.1, 0.15) is 18.4 Å². The number of rotatable bonds is 4. The van der Waals surface area contributed by atoms with Crippen LogP contribution in [0.3, 0.4) is 0 Å². The maximum Gasteiger partial charge on any atom is 0.309 e. The van der Waals surface area contributed by atoms with Gasteiger partial charge in [0, 0.05) is 12.8 Å². The fraction of sp³-hybridized carbons (Fsp3) is 0.500. The molecule has 0 aliphatic carbocycles. The number of quaternary nitrogens is 1. The maximum absolute atomic E-state index is 13.7. The van der Waals surface area contributed by atoms with E-state index in [1.807, 2.05) is 0 Å². The van der Waals surface area contributed by atoms with Crippen LogP contribution in [-0.2, 0) is 14.3 Å². The Balaban J connectivity index is 1.82. The molecule has 1 amide bonds. The van der Waals surface area contributed by atoms with Crippen LogP contribution in [0, 0.1) is 18.7 Å². The fourth-order valence-electron chi connectivity index (χ4n) is 2.75. The molecule has 1 fully saturated rings. The van der Waals surface area contributed by atoms with Crippen LogP contribution in [0.15, 0.2) is 18.2 Å². The van der Waals surface area contributed by atoms with E-state index < -0.39 is 5.82 Å². The van der Waals surface area contributed by atoms with Gasteiger partial charge in [0.15, 0.2) is 6.54 Å². The van der Waals surface area contributed by atoms with Crippen LogP contribution in [0.25, 0.3) is 0 Å². The molecule has 0 unspecified atom stereocenters. The minimum Gasteiger partial charge on any atom is -0.469 e. The summed E-state index contributed by atoms with van der Waals surface area (Å²) < 4.78 is 18.4. The number of likely N-dealkylation sites (tertiary alicyclic amines) is 1. The van der Waals surface area contributed by atoms with Gasteiger partial charge in [-0.25, -0.2) is 4.39 Å². The van der Waals surface area contributed by atoms with Crippen LogP contribution in [0.2, 0.25) is 0 Å². The maximum atomic E-state index is 13.7. The van der Waals surface area contributed by atoms with Gasteiger partial charge in [0.05, 0.1) is 31.8 Å². The SMILES string of the molecule is COC(=O)C1CC[NH+](CC(=O)Nc2ccc(C)cc2F)CC1. The summed E-state index contributed by atoms with van der Waals surface area (Å²) >= 11 is 0. The minimum atomic E-state index is -0.423. The summed E-state index contributed by atoms with van der Waals surface area (Å²) in [7, 11) is 1.39. The second-order valence-corrected chi connectivity index (χ2v) is 5.76. The molecular weight excluding hydrogens is 287 g/mol.